The molecular formula is C109H77N5. The van der Waals surface area contributed by atoms with E-state index in [1.54, 1.807) is 0 Å². The Morgan fingerprint density at radius 2 is 0.535 bits per heavy atom. The van der Waals surface area contributed by atoms with Gasteiger partial charge in [0, 0.05) is 72.7 Å². The minimum atomic E-state index is -0.732. The van der Waals surface area contributed by atoms with Crippen LogP contribution < -0.4 is 14.7 Å². The SMILES string of the molecule is c1ccc(N(c2ccccc2)C2(c3ccccc3)c3ccccc3-c3ccc(Cc4ccc5c6ccccc6n(-c6ccccc6)c5c4)cc32)cc1.c1ccc(N(c2ccccc2)C2(c3ccccc3)c3ccccc3-c3ccc(N(c4ccc5ccccc5c4)c4ccc5c6ccccc6n(-c6ccccc6)c5c4)cc32)cc1. The summed E-state index contributed by atoms with van der Waals surface area (Å²) in [7, 11) is 0. The number of anilines is 7. The molecule has 2 aromatic heterocycles. The molecule has 22 rings (SSSR count). The Kier molecular flexibility index (Phi) is 16.7. The average Bonchev–Trinajstić information content (AvgIpc) is 1.50. The molecule has 0 saturated heterocycles. The quantitative estimate of drug-likeness (QED) is 0.102. The maximum absolute atomic E-state index is 2.56. The van der Waals surface area contributed by atoms with Gasteiger partial charge < -0.3 is 23.8 Å². The third-order valence-electron chi connectivity index (χ3n) is 23.5. The van der Waals surface area contributed by atoms with Crippen LogP contribution in [0.5, 0.6) is 0 Å². The Labute approximate surface area is 664 Å². The number of fused-ring (bicyclic) bond motifs is 13. The van der Waals surface area contributed by atoms with E-state index in [4.69, 9.17) is 0 Å². The van der Waals surface area contributed by atoms with E-state index in [0.29, 0.717) is 0 Å². The standard InChI is InChI=1S/C59H41N3.C50H36N2/c1-5-21-44(22-6-1)59(62(46-25-9-3-10-26-46)47-27-11-4-12-28-47)55-31-17-15-29-51(55)52-37-35-49(40-56(52)59)60(48-34-33-42-19-13-14-20-43(42)39-48)50-36-38-54-53-30-16-18-32-57(53)61(58(54)41-50)45-23-7-2-8-24-45;1-5-17-38(18-6-1)50(52(40-21-9-3-10-22-40)41-23-11-4-12-24-41)46-27-15-13-25-42(46)43-31-29-36(34-47(43)50)33-37-30-32-45-44-26-14-16-28-48(44)51(49(45)35-37)39-19-7-2-8-20-39/h1-41H;1-32,34-35H,33H2. The van der Waals surface area contributed by atoms with Crippen LogP contribution in [-0.2, 0) is 17.5 Å². The van der Waals surface area contributed by atoms with Gasteiger partial charge in [-0.15, -0.1) is 0 Å². The first kappa shape index (κ1) is 67.3. The van der Waals surface area contributed by atoms with Crippen molar-refractivity contribution in [3.63, 3.8) is 0 Å². The van der Waals surface area contributed by atoms with Gasteiger partial charge in [0.1, 0.15) is 11.1 Å². The highest BCUT2D eigenvalue weighted by atomic mass is 15.2. The molecule has 2 aliphatic carbocycles. The molecule has 114 heavy (non-hydrogen) atoms. The van der Waals surface area contributed by atoms with Crippen LogP contribution >= 0.6 is 0 Å². The van der Waals surface area contributed by atoms with Crippen LogP contribution in [0.4, 0.5) is 39.8 Å². The van der Waals surface area contributed by atoms with Gasteiger partial charge in [-0.05, 0) is 211 Å². The number of benzene rings is 18. The lowest BCUT2D eigenvalue weighted by Gasteiger charge is -2.45. The van der Waals surface area contributed by atoms with E-state index in [9.17, 15) is 0 Å². The summed E-state index contributed by atoms with van der Waals surface area (Å²) in [6.45, 7) is 0. The molecule has 0 aliphatic heterocycles. The van der Waals surface area contributed by atoms with Crippen LogP contribution in [-0.4, -0.2) is 9.13 Å². The van der Waals surface area contributed by atoms with Gasteiger partial charge in [-0.1, -0.05) is 328 Å². The molecular weight excluding hydrogens is 1380 g/mol. The summed E-state index contributed by atoms with van der Waals surface area (Å²) in [5.41, 5.74) is 28.6. The lowest BCUT2D eigenvalue weighted by molar-refractivity contribution is 0.643. The maximum atomic E-state index is 2.56. The second kappa shape index (κ2) is 28.3. The largest absolute Gasteiger partial charge is 0.323 e. The van der Waals surface area contributed by atoms with Crippen LogP contribution in [0.1, 0.15) is 44.5 Å². The van der Waals surface area contributed by atoms with Gasteiger partial charge in [0.15, 0.2) is 0 Å². The number of hydrogen-bond acceptors (Lipinski definition) is 3. The van der Waals surface area contributed by atoms with E-state index in [0.717, 1.165) is 57.4 Å². The normalized spacial score (nSPS) is 14.4. The van der Waals surface area contributed by atoms with Gasteiger partial charge in [0.05, 0.1) is 22.1 Å². The van der Waals surface area contributed by atoms with E-state index in [-0.39, 0.29) is 0 Å². The molecule has 0 spiro atoms. The fraction of sp³-hybridized carbons (Fsp3) is 0.0275. The molecule has 5 nitrogen and oxygen atoms in total. The predicted octanol–water partition coefficient (Wildman–Crippen LogP) is 28.0. The number of hydrogen-bond donors (Lipinski definition) is 0. The van der Waals surface area contributed by atoms with Crippen LogP contribution in [0.25, 0.3) is 88.0 Å². The molecule has 18 aromatic carbocycles. The molecule has 0 fully saturated rings. The maximum Gasteiger partial charge on any atom is 0.122 e. The van der Waals surface area contributed by atoms with E-state index in [2.05, 4.69) is 479 Å². The Hall–Kier alpha value is -14.8. The summed E-state index contributed by atoms with van der Waals surface area (Å²) in [5, 5.41) is 7.42. The van der Waals surface area contributed by atoms with E-state index in [1.807, 2.05) is 0 Å². The predicted molar refractivity (Wildman–Crippen MR) is 477 cm³/mol. The Bertz CT molecular complexity index is 6870. The Balaban J connectivity index is 0.000000145. The second-order valence-corrected chi connectivity index (χ2v) is 29.8. The van der Waals surface area contributed by atoms with Crippen molar-refractivity contribution in [2.45, 2.75) is 17.5 Å². The summed E-state index contributed by atoms with van der Waals surface area (Å²) in [6.07, 6.45) is 0.817. The van der Waals surface area contributed by atoms with Crippen molar-refractivity contribution in [1.82, 2.24) is 9.13 Å². The monoisotopic (exact) mass is 1460 g/mol. The topological polar surface area (TPSA) is 19.6 Å². The first-order chi connectivity index (χ1) is 56.6. The van der Waals surface area contributed by atoms with Crippen molar-refractivity contribution in [2.75, 3.05) is 14.7 Å². The number of aromatic nitrogens is 2. The van der Waals surface area contributed by atoms with E-state index in [1.165, 1.54) is 121 Å². The highest BCUT2D eigenvalue weighted by Crippen LogP contribution is 2.61. The third kappa shape index (κ3) is 11.1. The molecule has 2 atom stereocenters. The van der Waals surface area contributed by atoms with Crippen LogP contribution in [0, 0.1) is 0 Å². The third-order valence-corrected chi connectivity index (χ3v) is 23.5. The summed E-state index contributed by atoms with van der Waals surface area (Å²) < 4.78 is 4.82. The number of nitrogens with zero attached hydrogens (tertiary/aromatic N) is 5. The van der Waals surface area contributed by atoms with E-state index >= 15 is 0 Å². The van der Waals surface area contributed by atoms with Crippen molar-refractivity contribution >= 4 is 94.2 Å². The zero-order valence-corrected chi connectivity index (χ0v) is 62.7. The Morgan fingerprint density at radius 1 is 0.202 bits per heavy atom. The fourth-order valence-electron chi connectivity index (χ4n) is 18.8. The van der Waals surface area contributed by atoms with E-state index < -0.39 is 11.1 Å². The van der Waals surface area contributed by atoms with Crippen molar-refractivity contribution < 1.29 is 0 Å². The Morgan fingerprint density at radius 3 is 1.04 bits per heavy atom. The molecule has 0 N–H and O–H groups in total. The minimum Gasteiger partial charge on any atom is -0.323 e. The summed E-state index contributed by atoms with van der Waals surface area (Å²) in [6, 6.07) is 166. The molecule has 5 heteroatoms. The van der Waals surface area contributed by atoms with Gasteiger partial charge in [-0.3, -0.25) is 0 Å². The van der Waals surface area contributed by atoms with Crippen LogP contribution in [0.3, 0.4) is 0 Å². The molecule has 2 unspecified atom stereocenters. The molecule has 0 saturated carbocycles. The van der Waals surface area contributed by atoms with Gasteiger partial charge in [0.25, 0.3) is 0 Å². The summed E-state index contributed by atoms with van der Waals surface area (Å²) >= 11 is 0. The molecule has 0 radical (unpaired) electrons. The van der Waals surface area contributed by atoms with Crippen molar-refractivity contribution in [1.29, 1.82) is 0 Å². The summed E-state index contributed by atoms with van der Waals surface area (Å²) in [4.78, 5) is 7.57. The molecule has 2 heterocycles. The first-order valence-electron chi connectivity index (χ1n) is 39.4. The number of rotatable bonds is 15. The van der Waals surface area contributed by atoms with Crippen LogP contribution in [0.2, 0.25) is 0 Å². The van der Waals surface area contributed by atoms with Crippen molar-refractivity contribution in [3.05, 3.63) is 499 Å². The molecule has 0 amide bonds. The van der Waals surface area contributed by atoms with Crippen molar-refractivity contribution in [2.24, 2.45) is 0 Å². The molecule has 0 bridgehead atoms. The summed E-state index contributed by atoms with van der Waals surface area (Å²) in [5.74, 6) is 0. The van der Waals surface area contributed by atoms with Gasteiger partial charge in [0.2, 0.25) is 0 Å². The average molecular weight is 1460 g/mol. The number of para-hydroxylation sites is 8. The highest BCUT2D eigenvalue weighted by molar-refractivity contribution is 6.11. The zero-order chi connectivity index (χ0) is 75.5. The smallest absolute Gasteiger partial charge is 0.122 e. The fourth-order valence-corrected chi connectivity index (χ4v) is 18.8. The zero-order valence-electron chi connectivity index (χ0n) is 62.7. The highest BCUT2D eigenvalue weighted by Gasteiger charge is 2.52. The lowest BCUT2D eigenvalue weighted by Crippen LogP contribution is -2.44. The van der Waals surface area contributed by atoms with Gasteiger partial charge >= 0.3 is 0 Å². The van der Waals surface area contributed by atoms with Gasteiger partial charge in [-0.2, -0.15) is 0 Å². The van der Waals surface area contributed by atoms with Gasteiger partial charge in [-0.25, -0.2) is 0 Å². The molecule has 2 aliphatic rings. The van der Waals surface area contributed by atoms with Crippen molar-refractivity contribution in [3.8, 4) is 33.6 Å². The molecule has 20 aromatic rings. The minimum absolute atomic E-state index is 0.615. The first-order valence-corrected chi connectivity index (χ1v) is 39.4. The molecule has 538 valence electrons. The lowest BCUT2D eigenvalue weighted by atomic mass is 9.77. The second-order valence-electron chi connectivity index (χ2n) is 29.8. The van der Waals surface area contributed by atoms with Crippen LogP contribution in [0.15, 0.2) is 455 Å².